The molecule has 0 saturated carbocycles. The molecule has 0 spiro atoms. The molecule has 0 aromatic rings. The zero-order valence-electron chi connectivity index (χ0n) is 8.58. The summed E-state index contributed by atoms with van der Waals surface area (Å²) in [5.74, 6) is 0.0909. The molecular weight excluding hydrogens is 206 g/mol. The van der Waals surface area contributed by atoms with Crippen molar-refractivity contribution in [2.75, 3.05) is 32.6 Å². The Morgan fingerprint density at radius 2 is 2.29 bits per heavy atom. The molecule has 0 aromatic heterocycles. The van der Waals surface area contributed by atoms with Gasteiger partial charge in [-0.2, -0.15) is 0 Å². The number of rotatable bonds is 5. The first-order chi connectivity index (χ1) is 6.54. The highest BCUT2D eigenvalue weighted by Gasteiger charge is 2.35. The smallest absolute Gasteiger partial charge is 0.211 e. The van der Waals surface area contributed by atoms with Crippen LogP contribution >= 0.6 is 0 Å². The molecule has 0 amide bonds. The summed E-state index contributed by atoms with van der Waals surface area (Å²) < 4.78 is 35.4. The quantitative estimate of drug-likeness (QED) is 0.697. The maximum absolute atomic E-state index is 11.2. The van der Waals surface area contributed by atoms with Crippen molar-refractivity contribution in [2.45, 2.75) is 18.9 Å². The minimum absolute atomic E-state index is 0.0909. The Balaban J connectivity index is 2.50. The standard InChI is InChI=1S/C8H17NO4S/c1-3-14(10,11)9-6-8(12-2)4-5-13-7-8/h9H,3-7H2,1-2H3. The molecule has 0 radical (unpaired) electrons. The van der Waals surface area contributed by atoms with E-state index in [0.717, 1.165) is 6.42 Å². The highest BCUT2D eigenvalue weighted by atomic mass is 32.2. The van der Waals surface area contributed by atoms with Crippen LogP contribution in [0.5, 0.6) is 0 Å². The van der Waals surface area contributed by atoms with Crippen LogP contribution in [0, 0.1) is 0 Å². The third-order valence-electron chi connectivity index (χ3n) is 2.49. The van der Waals surface area contributed by atoms with Crippen molar-refractivity contribution in [3.05, 3.63) is 0 Å². The highest BCUT2D eigenvalue weighted by molar-refractivity contribution is 7.89. The third-order valence-corrected chi connectivity index (χ3v) is 3.84. The Labute approximate surface area is 84.8 Å². The Morgan fingerprint density at radius 1 is 1.57 bits per heavy atom. The van der Waals surface area contributed by atoms with Crippen molar-refractivity contribution < 1.29 is 17.9 Å². The average molecular weight is 223 g/mol. The van der Waals surface area contributed by atoms with Gasteiger partial charge in [0.05, 0.1) is 12.4 Å². The van der Waals surface area contributed by atoms with Crippen molar-refractivity contribution in [1.29, 1.82) is 0 Å². The zero-order valence-corrected chi connectivity index (χ0v) is 9.39. The van der Waals surface area contributed by atoms with E-state index in [-0.39, 0.29) is 5.75 Å². The number of methoxy groups -OCH3 is 1. The molecule has 1 N–H and O–H groups in total. The Bertz CT molecular complexity index is 269. The number of hydrogen-bond donors (Lipinski definition) is 1. The fourth-order valence-electron chi connectivity index (χ4n) is 1.30. The van der Waals surface area contributed by atoms with Crippen LogP contribution in [-0.4, -0.2) is 46.6 Å². The van der Waals surface area contributed by atoms with Crippen molar-refractivity contribution in [2.24, 2.45) is 0 Å². The molecule has 14 heavy (non-hydrogen) atoms. The van der Waals surface area contributed by atoms with Gasteiger partial charge in [0.15, 0.2) is 0 Å². The van der Waals surface area contributed by atoms with Gasteiger partial charge in [0.25, 0.3) is 0 Å². The molecule has 1 aliphatic heterocycles. The van der Waals surface area contributed by atoms with E-state index in [0.29, 0.717) is 19.8 Å². The molecule has 5 nitrogen and oxygen atoms in total. The largest absolute Gasteiger partial charge is 0.378 e. The van der Waals surface area contributed by atoms with Crippen molar-refractivity contribution in [1.82, 2.24) is 4.72 Å². The topological polar surface area (TPSA) is 64.6 Å². The molecule has 6 heteroatoms. The van der Waals surface area contributed by atoms with Crippen LogP contribution in [0.3, 0.4) is 0 Å². The van der Waals surface area contributed by atoms with Crippen LogP contribution in [0.1, 0.15) is 13.3 Å². The van der Waals surface area contributed by atoms with Gasteiger partial charge in [-0.05, 0) is 6.92 Å². The van der Waals surface area contributed by atoms with Gasteiger partial charge in [-0.3, -0.25) is 0 Å². The van der Waals surface area contributed by atoms with Gasteiger partial charge in [0.1, 0.15) is 5.60 Å². The van der Waals surface area contributed by atoms with Crippen LogP contribution in [0.4, 0.5) is 0 Å². The molecule has 1 saturated heterocycles. The first kappa shape index (κ1) is 11.9. The lowest BCUT2D eigenvalue weighted by Gasteiger charge is -2.25. The summed E-state index contributed by atoms with van der Waals surface area (Å²) >= 11 is 0. The third kappa shape index (κ3) is 2.91. The fourth-order valence-corrected chi connectivity index (χ4v) is 1.99. The zero-order chi connectivity index (χ0) is 10.7. The van der Waals surface area contributed by atoms with E-state index >= 15 is 0 Å². The summed E-state index contributed by atoms with van der Waals surface area (Å²) in [6.07, 6.45) is 0.732. The molecule has 0 aromatic carbocycles. The SMILES string of the molecule is CCS(=O)(=O)NCC1(OC)CCOC1. The number of nitrogens with one attached hydrogen (secondary N) is 1. The summed E-state index contributed by atoms with van der Waals surface area (Å²) in [6.45, 7) is 2.98. The van der Waals surface area contributed by atoms with E-state index in [4.69, 9.17) is 9.47 Å². The second kappa shape index (κ2) is 4.57. The second-order valence-corrected chi connectivity index (χ2v) is 5.51. The van der Waals surface area contributed by atoms with Crippen LogP contribution in [0.15, 0.2) is 0 Å². The van der Waals surface area contributed by atoms with Gasteiger partial charge in [0, 0.05) is 26.7 Å². The predicted molar refractivity (Wildman–Crippen MR) is 52.6 cm³/mol. The summed E-state index contributed by atoms with van der Waals surface area (Å²) in [7, 11) is -1.56. The molecule has 1 unspecified atom stereocenters. The molecule has 84 valence electrons. The first-order valence-corrected chi connectivity index (χ1v) is 6.29. The molecule has 0 aliphatic carbocycles. The van der Waals surface area contributed by atoms with Gasteiger partial charge in [-0.25, -0.2) is 13.1 Å². The van der Waals surface area contributed by atoms with Gasteiger partial charge in [-0.1, -0.05) is 0 Å². The van der Waals surface area contributed by atoms with Crippen LogP contribution in [-0.2, 0) is 19.5 Å². The van der Waals surface area contributed by atoms with Crippen LogP contribution in [0.25, 0.3) is 0 Å². The molecule has 1 fully saturated rings. The minimum Gasteiger partial charge on any atom is -0.378 e. The Kier molecular flexibility index (Phi) is 3.88. The number of sulfonamides is 1. The van der Waals surface area contributed by atoms with E-state index < -0.39 is 15.6 Å². The summed E-state index contributed by atoms with van der Waals surface area (Å²) in [6, 6.07) is 0. The van der Waals surface area contributed by atoms with E-state index in [9.17, 15) is 8.42 Å². The lowest BCUT2D eigenvalue weighted by Crippen LogP contribution is -2.45. The molecule has 1 heterocycles. The van der Waals surface area contributed by atoms with Crippen molar-refractivity contribution >= 4 is 10.0 Å². The minimum atomic E-state index is -3.14. The van der Waals surface area contributed by atoms with Gasteiger partial charge < -0.3 is 9.47 Å². The average Bonchev–Trinajstić information content (AvgIpc) is 2.65. The maximum Gasteiger partial charge on any atom is 0.211 e. The highest BCUT2D eigenvalue weighted by Crippen LogP contribution is 2.21. The van der Waals surface area contributed by atoms with E-state index in [1.54, 1.807) is 14.0 Å². The Hall–Kier alpha value is -0.170. The fraction of sp³-hybridized carbons (Fsp3) is 1.00. The van der Waals surface area contributed by atoms with Crippen LogP contribution in [0.2, 0.25) is 0 Å². The van der Waals surface area contributed by atoms with Gasteiger partial charge in [0.2, 0.25) is 10.0 Å². The maximum atomic E-state index is 11.2. The Morgan fingerprint density at radius 3 is 2.71 bits per heavy atom. The normalized spacial score (nSPS) is 28.1. The number of ether oxygens (including phenoxy) is 2. The number of hydrogen-bond acceptors (Lipinski definition) is 4. The summed E-state index contributed by atoms with van der Waals surface area (Å²) in [5, 5.41) is 0. The predicted octanol–water partition coefficient (Wildman–Crippen LogP) is -0.269. The summed E-state index contributed by atoms with van der Waals surface area (Å²) in [4.78, 5) is 0. The monoisotopic (exact) mass is 223 g/mol. The van der Waals surface area contributed by atoms with Crippen molar-refractivity contribution in [3.63, 3.8) is 0 Å². The molecular formula is C8H17NO4S. The molecule has 0 bridgehead atoms. The van der Waals surface area contributed by atoms with E-state index in [2.05, 4.69) is 4.72 Å². The van der Waals surface area contributed by atoms with Gasteiger partial charge in [-0.15, -0.1) is 0 Å². The summed E-state index contributed by atoms with van der Waals surface area (Å²) in [5.41, 5.74) is -0.470. The first-order valence-electron chi connectivity index (χ1n) is 4.64. The lowest BCUT2D eigenvalue weighted by molar-refractivity contribution is -0.0120. The second-order valence-electron chi connectivity index (χ2n) is 3.41. The lowest BCUT2D eigenvalue weighted by atomic mass is 10.0. The molecule has 1 rings (SSSR count). The molecule has 1 atom stereocenters. The van der Waals surface area contributed by atoms with Crippen LogP contribution < -0.4 is 4.72 Å². The van der Waals surface area contributed by atoms with Crippen molar-refractivity contribution in [3.8, 4) is 0 Å². The molecule has 1 aliphatic rings. The van der Waals surface area contributed by atoms with E-state index in [1.165, 1.54) is 0 Å². The van der Waals surface area contributed by atoms with Gasteiger partial charge >= 0.3 is 0 Å². The van der Waals surface area contributed by atoms with E-state index in [1.807, 2.05) is 0 Å².